The van der Waals surface area contributed by atoms with Gasteiger partial charge in [-0.1, -0.05) is 25.0 Å². The zero-order valence-corrected chi connectivity index (χ0v) is 16.9. The molecule has 0 aromatic rings. The van der Waals surface area contributed by atoms with Gasteiger partial charge in [0.1, 0.15) is 12.2 Å². The Balaban J connectivity index is 1.32. The molecule has 5 aliphatic rings. The molecule has 5 aliphatic carbocycles. The van der Waals surface area contributed by atoms with E-state index in [9.17, 15) is 9.59 Å². The molecule has 4 nitrogen and oxygen atoms in total. The van der Waals surface area contributed by atoms with Crippen molar-refractivity contribution in [2.24, 2.45) is 35.5 Å². The summed E-state index contributed by atoms with van der Waals surface area (Å²) >= 11 is 0. The van der Waals surface area contributed by atoms with Crippen LogP contribution in [-0.4, -0.2) is 24.1 Å². The van der Waals surface area contributed by atoms with Crippen molar-refractivity contribution in [1.29, 1.82) is 0 Å². The van der Waals surface area contributed by atoms with Crippen molar-refractivity contribution in [3.8, 4) is 0 Å². The predicted octanol–water partition coefficient (Wildman–Crippen LogP) is 4.81. The monoisotopic (exact) mass is 386 g/mol. The van der Waals surface area contributed by atoms with Crippen molar-refractivity contribution in [2.45, 2.75) is 89.3 Å². The fraction of sp³-hybridized carbons (Fsp3) is 0.833. The van der Waals surface area contributed by atoms with Crippen LogP contribution in [0.25, 0.3) is 0 Å². The van der Waals surface area contributed by atoms with Gasteiger partial charge >= 0.3 is 11.9 Å². The fourth-order valence-corrected chi connectivity index (χ4v) is 7.09. The first kappa shape index (κ1) is 18.7. The van der Waals surface area contributed by atoms with Gasteiger partial charge in [-0.25, -0.2) is 0 Å². The molecule has 4 fully saturated rings. The maximum Gasteiger partial charge on any atom is 0.310 e. The van der Waals surface area contributed by atoms with Crippen LogP contribution in [0.3, 0.4) is 0 Å². The van der Waals surface area contributed by atoms with Gasteiger partial charge in [-0.2, -0.15) is 0 Å². The number of carbonyl (C=O) groups excluding carboxylic acids is 2. The lowest BCUT2D eigenvalue weighted by Gasteiger charge is -2.37. The molecule has 0 aromatic heterocycles. The van der Waals surface area contributed by atoms with Gasteiger partial charge in [-0.15, -0.1) is 0 Å². The zero-order chi connectivity index (χ0) is 19.1. The van der Waals surface area contributed by atoms with Gasteiger partial charge in [0.15, 0.2) is 0 Å². The second kappa shape index (κ2) is 7.84. The second-order valence-electron chi connectivity index (χ2n) is 9.91. The lowest BCUT2D eigenvalue weighted by molar-refractivity contribution is -0.172. The lowest BCUT2D eigenvalue weighted by Crippen LogP contribution is -2.44. The first-order valence-electron chi connectivity index (χ1n) is 11.8. The first-order valence-corrected chi connectivity index (χ1v) is 11.8. The number of fused-ring (bicyclic) bond motifs is 5. The molecule has 0 radical (unpaired) electrons. The van der Waals surface area contributed by atoms with Crippen LogP contribution in [0.5, 0.6) is 0 Å². The number of hydrogen-bond donors (Lipinski definition) is 0. The molecule has 2 bridgehead atoms. The molecule has 0 N–H and O–H groups in total. The van der Waals surface area contributed by atoms with Crippen molar-refractivity contribution >= 4 is 11.9 Å². The molecular weight excluding hydrogens is 352 g/mol. The zero-order valence-electron chi connectivity index (χ0n) is 16.9. The van der Waals surface area contributed by atoms with E-state index in [1.165, 1.54) is 12.8 Å². The molecule has 5 rings (SSSR count). The highest BCUT2D eigenvalue weighted by Crippen LogP contribution is 2.62. The Bertz CT molecular complexity index is 629. The summed E-state index contributed by atoms with van der Waals surface area (Å²) in [5.41, 5.74) is 0. The van der Waals surface area contributed by atoms with E-state index in [0.717, 1.165) is 64.2 Å². The van der Waals surface area contributed by atoms with Crippen molar-refractivity contribution in [2.75, 3.05) is 0 Å². The lowest BCUT2D eigenvalue weighted by atomic mass is 9.69. The standard InChI is InChI=1S/C24H34O4/c25-23(27-15-8-3-1-4-9-15)21-19-14-20(18-13-7-12-17(18)19)22(21)24(26)28-16-10-5-2-6-11-16/h7,12,15-22H,1-6,8-11,13-14H2. The number of hydrogen-bond acceptors (Lipinski definition) is 4. The van der Waals surface area contributed by atoms with Crippen LogP contribution in [0.15, 0.2) is 12.2 Å². The quantitative estimate of drug-likeness (QED) is 0.514. The molecule has 0 spiro atoms. The van der Waals surface area contributed by atoms with Crippen molar-refractivity contribution in [1.82, 2.24) is 0 Å². The fourth-order valence-electron chi connectivity index (χ4n) is 7.09. The topological polar surface area (TPSA) is 52.6 Å². The summed E-state index contributed by atoms with van der Waals surface area (Å²) in [4.78, 5) is 26.5. The predicted molar refractivity (Wildman–Crippen MR) is 105 cm³/mol. The molecule has 154 valence electrons. The highest BCUT2D eigenvalue weighted by Gasteiger charge is 2.63. The Morgan fingerprint density at radius 1 is 0.679 bits per heavy atom. The number of allylic oxidation sites excluding steroid dienone is 2. The average Bonchev–Trinajstić information content (AvgIpc) is 3.41. The molecule has 4 heteroatoms. The van der Waals surface area contributed by atoms with E-state index in [1.807, 2.05) is 0 Å². The van der Waals surface area contributed by atoms with Gasteiger partial charge in [0.2, 0.25) is 0 Å². The highest BCUT2D eigenvalue weighted by molar-refractivity contribution is 5.84. The van der Waals surface area contributed by atoms with Crippen LogP contribution in [0.4, 0.5) is 0 Å². The van der Waals surface area contributed by atoms with E-state index in [2.05, 4.69) is 12.2 Å². The minimum absolute atomic E-state index is 0.0605. The molecule has 6 unspecified atom stereocenters. The van der Waals surface area contributed by atoms with E-state index in [4.69, 9.17) is 9.47 Å². The van der Waals surface area contributed by atoms with Crippen LogP contribution in [0.2, 0.25) is 0 Å². The maximum absolute atomic E-state index is 13.2. The van der Waals surface area contributed by atoms with Crippen LogP contribution < -0.4 is 0 Å². The summed E-state index contributed by atoms with van der Waals surface area (Å²) in [6.07, 6.45) is 17.8. The van der Waals surface area contributed by atoms with E-state index in [1.54, 1.807) is 0 Å². The van der Waals surface area contributed by atoms with E-state index >= 15 is 0 Å². The van der Waals surface area contributed by atoms with Crippen LogP contribution in [-0.2, 0) is 19.1 Å². The van der Waals surface area contributed by atoms with Crippen LogP contribution in [0.1, 0.15) is 77.0 Å². The number of rotatable bonds is 4. The van der Waals surface area contributed by atoms with Crippen molar-refractivity contribution in [3.05, 3.63) is 12.2 Å². The summed E-state index contributed by atoms with van der Waals surface area (Å²) in [5, 5.41) is 0. The van der Waals surface area contributed by atoms with Gasteiger partial charge in [0, 0.05) is 0 Å². The van der Waals surface area contributed by atoms with Gasteiger partial charge < -0.3 is 9.47 Å². The number of carbonyl (C=O) groups is 2. The molecular formula is C24H34O4. The summed E-state index contributed by atoms with van der Waals surface area (Å²) in [6.45, 7) is 0. The molecule has 28 heavy (non-hydrogen) atoms. The Morgan fingerprint density at radius 3 is 1.79 bits per heavy atom. The molecule has 0 amide bonds. The van der Waals surface area contributed by atoms with Gasteiger partial charge in [0.25, 0.3) is 0 Å². The summed E-state index contributed by atoms with van der Waals surface area (Å²) in [7, 11) is 0. The molecule has 0 aliphatic heterocycles. The molecule has 0 aromatic carbocycles. The Morgan fingerprint density at radius 2 is 1.21 bits per heavy atom. The first-order chi connectivity index (χ1) is 13.7. The van der Waals surface area contributed by atoms with E-state index in [0.29, 0.717) is 17.8 Å². The average molecular weight is 387 g/mol. The SMILES string of the molecule is O=C(OC1CCCCC1)C1C2CC(C3CC=CC32)C1C(=O)OC1CCCCC1. The van der Waals surface area contributed by atoms with E-state index < -0.39 is 0 Å². The maximum atomic E-state index is 13.2. The third-order valence-corrected chi connectivity index (χ3v) is 8.37. The minimum atomic E-state index is -0.285. The minimum Gasteiger partial charge on any atom is -0.462 e. The molecule has 0 saturated heterocycles. The smallest absolute Gasteiger partial charge is 0.310 e. The summed E-state index contributed by atoms with van der Waals surface area (Å²) in [6, 6.07) is 0. The van der Waals surface area contributed by atoms with Crippen molar-refractivity contribution in [3.63, 3.8) is 0 Å². The van der Waals surface area contributed by atoms with Gasteiger partial charge in [0.05, 0.1) is 11.8 Å². The second-order valence-corrected chi connectivity index (χ2v) is 9.91. The third kappa shape index (κ3) is 3.31. The summed E-state index contributed by atoms with van der Waals surface area (Å²) in [5.74, 6) is 0.800. The van der Waals surface area contributed by atoms with Gasteiger partial charge in [-0.3, -0.25) is 9.59 Å². The van der Waals surface area contributed by atoms with E-state index in [-0.39, 0.29) is 41.9 Å². The number of ether oxygens (including phenoxy) is 2. The molecule has 6 atom stereocenters. The number of esters is 2. The Labute approximate surface area is 168 Å². The third-order valence-electron chi connectivity index (χ3n) is 8.37. The summed E-state index contributed by atoms with van der Waals surface area (Å²) < 4.78 is 12.0. The van der Waals surface area contributed by atoms with Gasteiger partial charge in [-0.05, 0) is 87.9 Å². The normalized spacial score (nSPS) is 40.4. The van der Waals surface area contributed by atoms with Crippen molar-refractivity contribution < 1.29 is 19.1 Å². The highest BCUT2D eigenvalue weighted by atomic mass is 16.6. The Hall–Kier alpha value is -1.32. The molecule has 0 heterocycles. The largest absolute Gasteiger partial charge is 0.462 e. The van der Waals surface area contributed by atoms with Crippen LogP contribution in [0, 0.1) is 35.5 Å². The Kier molecular flexibility index (Phi) is 5.23. The van der Waals surface area contributed by atoms with Crippen LogP contribution >= 0.6 is 0 Å². The molecule has 4 saturated carbocycles.